The first-order chi connectivity index (χ1) is 5.84. The van der Waals surface area contributed by atoms with Crippen LogP contribution in [0.5, 0.6) is 5.75 Å². The summed E-state index contributed by atoms with van der Waals surface area (Å²) in [6, 6.07) is 7.48. The van der Waals surface area contributed by atoms with E-state index in [1.54, 1.807) is 6.07 Å². The average molecular weight is 166 g/mol. The van der Waals surface area contributed by atoms with Crippen molar-refractivity contribution in [3.63, 3.8) is 0 Å². The van der Waals surface area contributed by atoms with Crippen molar-refractivity contribution in [3.8, 4) is 5.75 Å². The van der Waals surface area contributed by atoms with Crippen LogP contribution in [-0.4, -0.2) is 5.11 Å². The Hall–Kier alpha value is -0.980. The Morgan fingerprint density at radius 3 is 2.25 bits per heavy atom. The van der Waals surface area contributed by atoms with Crippen LogP contribution in [0.2, 0.25) is 0 Å². The number of aromatic hydroxyl groups is 1. The van der Waals surface area contributed by atoms with Gasteiger partial charge in [0.2, 0.25) is 0 Å². The maximum atomic E-state index is 9.24. The molecule has 0 saturated heterocycles. The molecule has 1 aromatic rings. The molecule has 0 fully saturated rings. The summed E-state index contributed by atoms with van der Waals surface area (Å²) in [5.74, 6) is 0.421. The van der Waals surface area contributed by atoms with E-state index in [1.807, 2.05) is 32.0 Å². The first kappa shape index (κ1) is 11.0. The van der Waals surface area contributed by atoms with Crippen molar-refractivity contribution in [1.82, 2.24) is 0 Å². The van der Waals surface area contributed by atoms with Gasteiger partial charge in [-0.05, 0) is 18.1 Å². The van der Waals surface area contributed by atoms with Gasteiger partial charge in [-0.25, -0.2) is 0 Å². The summed E-state index contributed by atoms with van der Waals surface area (Å²) in [6.07, 6.45) is 2.05. The molecule has 1 aromatic carbocycles. The largest absolute Gasteiger partial charge is 0.508 e. The predicted molar refractivity (Wildman–Crippen MR) is 53.4 cm³/mol. The van der Waals surface area contributed by atoms with E-state index in [2.05, 4.69) is 6.92 Å². The van der Waals surface area contributed by atoms with Crippen molar-refractivity contribution in [1.29, 1.82) is 0 Å². The van der Waals surface area contributed by atoms with Crippen LogP contribution in [-0.2, 0) is 6.42 Å². The van der Waals surface area contributed by atoms with Crippen LogP contribution in [0.1, 0.15) is 32.8 Å². The van der Waals surface area contributed by atoms with Gasteiger partial charge in [0.05, 0.1) is 0 Å². The third-order valence-corrected chi connectivity index (χ3v) is 1.51. The number of phenolic OH excluding ortho intramolecular Hbond substituents is 1. The lowest BCUT2D eigenvalue weighted by atomic mass is 10.1. The number of aryl methyl sites for hydroxylation is 1. The summed E-state index contributed by atoms with van der Waals surface area (Å²) in [7, 11) is 0. The molecule has 0 amide bonds. The van der Waals surface area contributed by atoms with Crippen molar-refractivity contribution >= 4 is 0 Å². The zero-order chi connectivity index (χ0) is 9.40. The van der Waals surface area contributed by atoms with Gasteiger partial charge in [-0.1, -0.05) is 45.4 Å². The minimum Gasteiger partial charge on any atom is -0.508 e. The Bertz CT molecular complexity index is 206. The molecule has 0 atom stereocenters. The molecular formula is C11H18O. The second kappa shape index (κ2) is 6.71. The fraction of sp³-hybridized carbons (Fsp3) is 0.455. The lowest BCUT2D eigenvalue weighted by Gasteiger charge is -1.99. The van der Waals surface area contributed by atoms with Crippen LogP contribution in [0.4, 0.5) is 0 Å². The summed E-state index contributed by atoms with van der Waals surface area (Å²) in [5, 5.41) is 9.24. The number of rotatable bonds is 2. The smallest absolute Gasteiger partial charge is 0.118 e. The maximum Gasteiger partial charge on any atom is 0.118 e. The molecule has 0 aliphatic heterocycles. The molecule has 0 radical (unpaired) electrons. The van der Waals surface area contributed by atoms with E-state index < -0.39 is 0 Å². The Labute approximate surface area is 75.1 Å². The van der Waals surface area contributed by atoms with Gasteiger partial charge >= 0.3 is 0 Å². The van der Waals surface area contributed by atoms with Gasteiger partial charge < -0.3 is 5.11 Å². The summed E-state index contributed by atoms with van der Waals surface area (Å²) in [6.45, 7) is 6.10. The molecular weight excluding hydrogens is 148 g/mol. The molecule has 1 heteroatoms. The van der Waals surface area contributed by atoms with Crippen molar-refractivity contribution in [2.45, 2.75) is 33.6 Å². The zero-order valence-corrected chi connectivity index (χ0v) is 8.17. The second-order valence-corrected chi connectivity index (χ2v) is 2.38. The molecule has 0 aliphatic rings. The number of phenols is 1. The molecule has 0 unspecified atom stereocenters. The van der Waals surface area contributed by atoms with Crippen LogP contribution in [0.15, 0.2) is 24.3 Å². The standard InChI is InChI=1S/C9H12O.C2H6/c1-2-5-8-6-3-4-7-9(8)10;1-2/h3-4,6-7,10H,2,5H2,1H3;1-2H3. The second-order valence-electron chi connectivity index (χ2n) is 2.38. The first-order valence-corrected chi connectivity index (χ1v) is 4.61. The van der Waals surface area contributed by atoms with E-state index in [0.717, 1.165) is 18.4 Å². The molecule has 1 N–H and O–H groups in total. The van der Waals surface area contributed by atoms with Crippen LogP contribution in [0, 0.1) is 0 Å². The number of hydrogen-bond acceptors (Lipinski definition) is 1. The van der Waals surface area contributed by atoms with Gasteiger partial charge in [-0.2, -0.15) is 0 Å². The third-order valence-electron chi connectivity index (χ3n) is 1.51. The third kappa shape index (κ3) is 3.42. The van der Waals surface area contributed by atoms with E-state index in [1.165, 1.54) is 0 Å². The highest BCUT2D eigenvalue weighted by molar-refractivity contribution is 5.31. The van der Waals surface area contributed by atoms with Crippen molar-refractivity contribution in [2.24, 2.45) is 0 Å². The molecule has 0 saturated carbocycles. The van der Waals surface area contributed by atoms with Crippen molar-refractivity contribution < 1.29 is 5.11 Å². The van der Waals surface area contributed by atoms with Gasteiger partial charge in [-0.15, -0.1) is 0 Å². The van der Waals surface area contributed by atoms with E-state index in [4.69, 9.17) is 0 Å². The van der Waals surface area contributed by atoms with Crippen LogP contribution in [0.3, 0.4) is 0 Å². The molecule has 0 aliphatic carbocycles. The van der Waals surface area contributed by atoms with E-state index in [-0.39, 0.29) is 0 Å². The van der Waals surface area contributed by atoms with Gasteiger partial charge in [0.25, 0.3) is 0 Å². The van der Waals surface area contributed by atoms with Crippen LogP contribution in [0.25, 0.3) is 0 Å². The molecule has 1 rings (SSSR count). The zero-order valence-electron chi connectivity index (χ0n) is 8.17. The normalized spacial score (nSPS) is 8.58. The highest BCUT2D eigenvalue weighted by atomic mass is 16.3. The summed E-state index contributed by atoms with van der Waals surface area (Å²) >= 11 is 0. The number of hydrogen-bond donors (Lipinski definition) is 1. The minimum atomic E-state index is 0.421. The number of para-hydroxylation sites is 1. The van der Waals surface area contributed by atoms with Gasteiger partial charge in [0.15, 0.2) is 0 Å². The Morgan fingerprint density at radius 2 is 1.75 bits per heavy atom. The Kier molecular flexibility index (Phi) is 6.16. The summed E-state index contributed by atoms with van der Waals surface area (Å²) in [4.78, 5) is 0. The molecule has 0 bridgehead atoms. The van der Waals surface area contributed by atoms with Crippen molar-refractivity contribution in [2.75, 3.05) is 0 Å². The molecule has 0 aromatic heterocycles. The fourth-order valence-electron chi connectivity index (χ4n) is 0.992. The van der Waals surface area contributed by atoms with Gasteiger partial charge in [-0.3, -0.25) is 0 Å². The van der Waals surface area contributed by atoms with Crippen LogP contribution >= 0.6 is 0 Å². The molecule has 0 spiro atoms. The molecule has 1 nitrogen and oxygen atoms in total. The molecule has 0 heterocycles. The maximum absolute atomic E-state index is 9.24. The van der Waals surface area contributed by atoms with E-state index in [0.29, 0.717) is 5.75 Å². The highest BCUT2D eigenvalue weighted by Gasteiger charge is 1.95. The Balaban J connectivity index is 0.000000561. The van der Waals surface area contributed by atoms with Crippen LogP contribution < -0.4 is 0 Å². The average Bonchev–Trinajstić information content (AvgIpc) is 2.13. The molecule has 12 heavy (non-hydrogen) atoms. The lowest BCUT2D eigenvalue weighted by molar-refractivity contribution is 0.467. The van der Waals surface area contributed by atoms with E-state index >= 15 is 0 Å². The lowest BCUT2D eigenvalue weighted by Crippen LogP contribution is -1.81. The monoisotopic (exact) mass is 166 g/mol. The topological polar surface area (TPSA) is 20.2 Å². The summed E-state index contributed by atoms with van der Waals surface area (Å²) < 4.78 is 0. The molecule has 68 valence electrons. The van der Waals surface area contributed by atoms with Gasteiger partial charge in [0, 0.05) is 0 Å². The predicted octanol–water partition coefficient (Wildman–Crippen LogP) is 3.37. The number of benzene rings is 1. The SMILES string of the molecule is CC.CCCc1ccccc1O. The summed E-state index contributed by atoms with van der Waals surface area (Å²) in [5.41, 5.74) is 1.05. The fourth-order valence-corrected chi connectivity index (χ4v) is 0.992. The quantitative estimate of drug-likeness (QED) is 0.714. The Morgan fingerprint density at radius 1 is 1.17 bits per heavy atom. The van der Waals surface area contributed by atoms with Crippen molar-refractivity contribution in [3.05, 3.63) is 29.8 Å². The minimum absolute atomic E-state index is 0.421. The highest BCUT2D eigenvalue weighted by Crippen LogP contribution is 2.16. The van der Waals surface area contributed by atoms with Gasteiger partial charge in [0.1, 0.15) is 5.75 Å². The first-order valence-electron chi connectivity index (χ1n) is 4.61. The van der Waals surface area contributed by atoms with E-state index in [9.17, 15) is 5.11 Å².